The molecule has 0 radical (unpaired) electrons. The van der Waals surface area contributed by atoms with Gasteiger partial charge in [-0.1, -0.05) is 91.5 Å². The second kappa shape index (κ2) is 31.9. The van der Waals surface area contributed by atoms with Crippen molar-refractivity contribution in [3.63, 3.8) is 0 Å². The molecule has 0 unspecified atom stereocenters. The highest BCUT2D eigenvalue weighted by Gasteiger charge is 2.47. The first kappa shape index (κ1) is 73.2. The Morgan fingerprint density at radius 2 is 1.16 bits per heavy atom. The molecular formula is C78H98Cl3N9O9. The van der Waals surface area contributed by atoms with Gasteiger partial charge in [-0.05, 0) is 202 Å². The Balaban J connectivity index is 0.000000144. The normalized spacial score (nSPS) is 23.5. The van der Waals surface area contributed by atoms with Gasteiger partial charge in [0.25, 0.3) is 5.91 Å². The lowest BCUT2D eigenvalue weighted by Gasteiger charge is -2.35. The Labute approximate surface area is 598 Å². The molecule has 4 N–H and O–H groups in total. The number of aromatic nitrogens is 3. The number of nitrogens with zero attached hydrogens (tertiary/aromatic N) is 6. The van der Waals surface area contributed by atoms with Crippen LogP contribution >= 0.6 is 34.8 Å². The standard InChI is InChI=1S/C30H34ClN3O4.C24H32ClN3O2.C14H26N2O2.C10H6ClNO/c1-30(2)37-27-15-20(14-26(36-3)28(27)38-30)29(35)34(17-23-13-18-6-4-5-7-24(18)33-23)16-22-10-8-19-12-21(31)9-11-25(19)32-22;1-24(2,3)30-23(29)28-20(13-17-6-4-5-7-22(17)28)15-26-14-19-10-8-16-12-18(25)9-11-21(16)27-19;1-14(2,3)18-13(17)16-11(9-15)8-10-6-4-5-7-12(10)16;11-8-2-4-10-7(5-8)1-3-9(6-13)12-10/h8-12,14-15,18,23-24,33H,4-7,13,16-17H2,1-3H3;8-12,17,20,22,26H,4-7,13-15H2,1-3H3;10-12H,4-9,15H2,1-3H3;1-6H/t18-,23-,24-;17-,20-,22-;10-,11-,12-;/m000./s1. The fourth-order valence-corrected chi connectivity index (χ4v) is 16.3. The highest BCUT2D eigenvalue weighted by Crippen LogP contribution is 2.48. The molecule has 7 aromatic rings. The number of carbonyl (C=O) groups excluding carboxylic acids is 4. The molecule has 530 valence electrons. The molecular weight excluding hydrogens is 1310 g/mol. The molecule has 0 bridgehead atoms. The van der Waals surface area contributed by atoms with E-state index in [4.69, 9.17) is 74.2 Å². The summed E-state index contributed by atoms with van der Waals surface area (Å²) >= 11 is 18.0. The van der Waals surface area contributed by atoms with Crippen molar-refractivity contribution in [3.8, 4) is 17.2 Å². The monoisotopic (exact) mass is 1410 g/mol. The maximum atomic E-state index is 14.1. The van der Waals surface area contributed by atoms with E-state index in [2.05, 4.69) is 21.7 Å². The molecule has 4 aromatic carbocycles. The first-order valence-electron chi connectivity index (χ1n) is 35.5. The topological polar surface area (TPSA) is 213 Å². The number of nitrogens with one attached hydrogen (secondary N) is 2. The zero-order valence-electron chi connectivity index (χ0n) is 58.8. The van der Waals surface area contributed by atoms with Gasteiger partial charge in [0.2, 0.25) is 11.5 Å². The minimum absolute atomic E-state index is 0.0888. The molecule has 18 nitrogen and oxygen atoms in total. The van der Waals surface area contributed by atoms with Crippen molar-refractivity contribution in [2.75, 3.05) is 26.7 Å². The van der Waals surface area contributed by atoms with Crippen LogP contribution in [0.5, 0.6) is 17.2 Å². The van der Waals surface area contributed by atoms with Crippen LogP contribution in [-0.4, -0.2) is 134 Å². The van der Waals surface area contributed by atoms with Crippen LogP contribution < -0.4 is 30.6 Å². The Morgan fingerprint density at radius 3 is 1.72 bits per heavy atom. The predicted octanol–water partition coefficient (Wildman–Crippen LogP) is 16.7. The number of rotatable bonds is 12. The molecule has 0 spiro atoms. The van der Waals surface area contributed by atoms with Crippen molar-refractivity contribution >= 4 is 91.9 Å². The number of ether oxygens (including phenoxy) is 5. The summed E-state index contributed by atoms with van der Waals surface area (Å²) in [6.07, 6.45) is 18.3. The van der Waals surface area contributed by atoms with Gasteiger partial charge < -0.3 is 54.8 Å². The van der Waals surface area contributed by atoms with Gasteiger partial charge >= 0.3 is 12.2 Å². The van der Waals surface area contributed by atoms with Crippen molar-refractivity contribution in [1.82, 2.24) is 40.3 Å². The molecule has 4 aliphatic heterocycles. The average molecular weight is 1410 g/mol. The third-order valence-electron chi connectivity index (χ3n) is 20.0. The fraction of sp³-hybridized carbons (Fsp3) is 0.526. The highest BCUT2D eigenvalue weighted by atomic mass is 35.5. The van der Waals surface area contributed by atoms with Gasteiger partial charge in [0.05, 0.1) is 41.6 Å². The second-order valence-electron chi connectivity index (χ2n) is 30.2. The van der Waals surface area contributed by atoms with Gasteiger partial charge in [-0.15, -0.1) is 0 Å². The number of methoxy groups -OCH3 is 1. The molecule has 7 aliphatic rings. The first-order valence-corrected chi connectivity index (χ1v) is 36.6. The Bertz CT molecular complexity index is 4000. The lowest BCUT2D eigenvalue weighted by atomic mass is 9.85. The van der Waals surface area contributed by atoms with Gasteiger partial charge in [-0.3, -0.25) is 19.6 Å². The summed E-state index contributed by atoms with van der Waals surface area (Å²) in [7, 11) is 1.58. The lowest BCUT2D eigenvalue weighted by molar-refractivity contribution is -0.0439. The summed E-state index contributed by atoms with van der Waals surface area (Å²) in [4.78, 5) is 69.4. The van der Waals surface area contributed by atoms with Crippen LogP contribution in [0, 0.1) is 17.8 Å². The Morgan fingerprint density at radius 1 is 0.646 bits per heavy atom. The zero-order valence-corrected chi connectivity index (χ0v) is 61.1. The van der Waals surface area contributed by atoms with E-state index in [0.717, 1.165) is 94.1 Å². The van der Waals surface area contributed by atoms with E-state index in [1.807, 2.05) is 137 Å². The Kier molecular flexibility index (Phi) is 23.6. The largest absolute Gasteiger partial charge is 0.493 e. The number of carbonyl (C=O) groups is 4. The number of halogens is 3. The molecule has 21 heteroatoms. The number of hydrogen-bond donors (Lipinski definition) is 3. The molecule has 99 heavy (non-hydrogen) atoms. The van der Waals surface area contributed by atoms with Crippen molar-refractivity contribution in [3.05, 3.63) is 141 Å². The predicted molar refractivity (Wildman–Crippen MR) is 391 cm³/mol. The second-order valence-corrected chi connectivity index (χ2v) is 31.5. The van der Waals surface area contributed by atoms with Crippen molar-refractivity contribution in [2.24, 2.45) is 23.5 Å². The van der Waals surface area contributed by atoms with E-state index in [-0.39, 0.29) is 36.2 Å². The number of benzene rings is 4. The lowest BCUT2D eigenvalue weighted by Crippen LogP contribution is -2.48. The van der Waals surface area contributed by atoms with E-state index < -0.39 is 17.0 Å². The third kappa shape index (κ3) is 18.7. The van der Waals surface area contributed by atoms with E-state index in [0.29, 0.717) is 101 Å². The minimum atomic E-state index is -0.820. The Hall–Kier alpha value is -7.06. The average Bonchev–Trinajstić information content (AvgIpc) is 1.67. The van der Waals surface area contributed by atoms with Crippen molar-refractivity contribution in [2.45, 2.75) is 218 Å². The molecule has 3 amide bonds. The number of hydrogen-bond acceptors (Lipinski definition) is 15. The van der Waals surface area contributed by atoms with Crippen LogP contribution in [0.15, 0.2) is 103 Å². The number of nitrogens with two attached hydrogens (primary N) is 1. The summed E-state index contributed by atoms with van der Waals surface area (Å²) in [5.41, 5.74) is 10.3. The maximum Gasteiger partial charge on any atom is 0.410 e. The van der Waals surface area contributed by atoms with Gasteiger partial charge in [0.15, 0.2) is 17.8 Å². The van der Waals surface area contributed by atoms with E-state index >= 15 is 0 Å². The van der Waals surface area contributed by atoms with Crippen molar-refractivity contribution in [1.29, 1.82) is 0 Å². The number of likely N-dealkylation sites (tertiary alicyclic amines) is 2. The quantitative estimate of drug-likeness (QED) is 0.0971. The van der Waals surface area contributed by atoms with Gasteiger partial charge in [-0.25, -0.2) is 14.6 Å². The smallest absolute Gasteiger partial charge is 0.410 e. The van der Waals surface area contributed by atoms with Crippen LogP contribution in [0.4, 0.5) is 9.59 Å². The van der Waals surface area contributed by atoms with E-state index in [9.17, 15) is 19.2 Å². The fourth-order valence-electron chi connectivity index (χ4n) is 15.7. The van der Waals surface area contributed by atoms with Crippen LogP contribution in [0.25, 0.3) is 32.7 Å². The van der Waals surface area contributed by atoms with Gasteiger partial charge in [0.1, 0.15) is 16.9 Å². The number of pyridine rings is 3. The summed E-state index contributed by atoms with van der Waals surface area (Å²) in [6.45, 7) is 18.2. The molecule has 3 aromatic heterocycles. The molecule has 3 saturated carbocycles. The summed E-state index contributed by atoms with van der Waals surface area (Å²) < 4.78 is 28.8. The number of aldehydes is 1. The number of fused-ring (bicyclic) bond motifs is 7. The van der Waals surface area contributed by atoms with E-state index in [1.54, 1.807) is 37.4 Å². The van der Waals surface area contributed by atoms with E-state index in [1.165, 1.54) is 64.2 Å². The molecule has 7 heterocycles. The molecule has 6 fully saturated rings. The van der Waals surface area contributed by atoms with Crippen LogP contribution in [0.1, 0.15) is 184 Å². The van der Waals surface area contributed by atoms with Crippen LogP contribution in [0.2, 0.25) is 15.1 Å². The van der Waals surface area contributed by atoms with Crippen LogP contribution in [0.3, 0.4) is 0 Å². The van der Waals surface area contributed by atoms with Crippen molar-refractivity contribution < 1.29 is 42.9 Å². The van der Waals surface area contributed by atoms with Crippen LogP contribution in [-0.2, 0) is 22.6 Å². The third-order valence-corrected chi connectivity index (χ3v) is 20.7. The minimum Gasteiger partial charge on any atom is -0.493 e. The maximum absolute atomic E-state index is 14.1. The molecule has 3 saturated heterocycles. The molecule has 3 aliphatic carbocycles. The molecule has 9 atom stereocenters. The number of amides is 3. The van der Waals surface area contributed by atoms with Gasteiger partial charge in [-0.2, -0.15) is 0 Å². The first-order chi connectivity index (χ1) is 47.3. The summed E-state index contributed by atoms with van der Waals surface area (Å²) in [6, 6.07) is 33.7. The zero-order chi connectivity index (χ0) is 70.3. The SMILES string of the molecule is CC(C)(C)OC(=O)N1[C@H](CN)C[C@@H]2CCCC[C@@H]21.CC(C)(C)OC(=O)N1[C@H](CNCc2ccc3cc(Cl)ccc3n2)C[C@@H]2CCCC[C@@H]21.COc1cc(C(=O)N(Cc2ccc3cc(Cl)ccc3n2)C[C@@H]2C[C@@H]3CCCC[C@@H]3N2)cc2c1OC(C)(C)O2.O=Cc1ccc2cc(Cl)ccc2n1. The highest BCUT2D eigenvalue weighted by molar-refractivity contribution is 6.32. The van der Waals surface area contributed by atoms with Gasteiger partial charge in [0, 0.05) is 113 Å². The molecule has 14 rings (SSSR count). The summed E-state index contributed by atoms with van der Waals surface area (Å²) in [5, 5.41) is 12.4. The summed E-state index contributed by atoms with van der Waals surface area (Å²) in [5.74, 6) is 2.55.